The van der Waals surface area contributed by atoms with Crippen LogP contribution in [0.25, 0.3) is 10.9 Å². The first-order chi connectivity index (χ1) is 8.33. The van der Waals surface area contributed by atoms with Crippen LogP contribution in [0.1, 0.15) is 4.88 Å². The number of nitrogens with zero attached hydrogens (tertiary/aromatic N) is 1. The Bertz CT molecular complexity index is 641. The molecular weight excluding hydrogens is 232 g/mol. The van der Waals surface area contributed by atoms with E-state index in [1.54, 1.807) is 11.3 Å². The first-order valence-electron chi connectivity index (χ1n) is 5.32. The van der Waals surface area contributed by atoms with E-state index in [4.69, 9.17) is 5.73 Å². The van der Waals surface area contributed by atoms with Crippen molar-refractivity contribution in [1.29, 1.82) is 0 Å². The highest BCUT2D eigenvalue weighted by molar-refractivity contribution is 7.10. The Balaban J connectivity index is 1.78. The molecular formula is C12H12N4S. The fraction of sp³-hybridized carbons (Fsp3) is 0.0833. The summed E-state index contributed by atoms with van der Waals surface area (Å²) in [5, 5.41) is 13.4. The highest BCUT2D eigenvalue weighted by Crippen LogP contribution is 2.21. The first-order valence-corrected chi connectivity index (χ1v) is 6.20. The van der Waals surface area contributed by atoms with Gasteiger partial charge in [0.25, 0.3) is 0 Å². The smallest absolute Gasteiger partial charge is 0.0670 e. The molecule has 2 heterocycles. The molecule has 0 radical (unpaired) electrons. The number of nitrogen functional groups attached to an aromatic ring is 1. The Morgan fingerprint density at radius 2 is 2.29 bits per heavy atom. The number of aromatic amines is 1. The third-order valence-electron chi connectivity index (χ3n) is 2.67. The van der Waals surface area contributed by atoms with Crippen LogP contribution in [0.15, 0.2) is 35.8 Å². The van der Waals surface area contributed by atoms with E-state index in [1.807, 2.05) is 35.8 Å². The molecule has 0 spiro atoms. The van der Waals surface area contributed by atoms with Crippen LogP contribution in [0.4, 0.5) is 11.4 Å². The van der Waals surface area contributed by atoms with Gasteiger partial charge in [0.05, 0.1) is 18.3 Å². The second-order valence-corrected chi connectivity index (χ2v) is 4.83. The molecule has 5 heteroatoms. The van der Waals surface area contributed by atoms with Crippen molar-refractivity contribution in [2.45, 2.75) is 6.54 Å². The molecule has 3 rings (SSSR count). The van der Waals surface area contributed by atoms with Crippen molar-refractivity contribution in [1.82, 2.24) is 10.2 Å². The van der Waals surface area contributed by atoms with Crippen LogP contribution in [0.3, 0.4) is 0 Å². The van der Waals surface area contributed by atoms with Crippen LogP contribution in [0.2, 0.25) is 0 Å². The van der Waals surface area contributed by atoms with Crippen molar-refractivity contribution < 1.29 is 0 Å². The van der Waals surface area contributed by atoms with Gasteiger partial charge in [-0.15, -0.1) is 11.3 Å². The van der Waals surface area contributed by atoms with Crippen molar-refractivity contribution in [2.75, 3.05) is 11.1 Å². The van der Waals surface area contributed by atoms with E-state index < -0.39 is 0 Å². The molecule has 2 aromatic heterocycles. The van der Waals surface area contributed by atoms with Crippen LogP contribution in [-0.4, -0.2) is 10.2 Å². The number of aromatic nitrogens is 2. The van der Waals surface area contributed by atoms with E-state index in [0.29, 0.717) is 0 Å². The van der Waals surface area contributed by atoms with Gasteiger partial charge in [0, 0.05) is 21.6 Å². The third kappa shape index (κ3) is 1.97. The van der Waals surface area contributed by atoms with Crippen LogP contribution in [0, 0.1) is 0 Å². The molecule has 0 unspecified atom stereocenters. The number of hydrogen-bond acceptors (Lipinski definition) is 4. The number of fused-ring (bicyclic) bond motifs is 1. The molecule has 1 aromatic carbocycles. The molecule has 4 N–H and O–H groups in total. The summed E-state index contributed by atoms with van der Waals surface area (Å²) in [5.74, 6) is 0. The number of nitrogens with two attached hydrogens (primary N) is 1. The second kappa shape index (κ2) is 4.10. The molecule has 0 aliphatic carbocycles. The topological polar surface area (TPSA) is 66.7 Å². The Morgan fingerprint density at radius 1 is 1.35 bits per heavy atom. The maximum Gasteiger partial charge on any atom is 0.0670 e. The number of hydrogen-bond donors (Lipinski definition) is 3. The highest BCUT2D eigenvalue weighted by Gasteiger charge is 2.01. The molecule has 86 valence electrons. The van der Waals surface area contributed by atoms with E-state index in [1.165, 1.54) is 0 Å². The minimum Gasteiger partial charge on any atom is -0.398 e. The van der Waals surface area contributed by atoms with Gasteiger partial charge in [0.1, 0.15) is 0 Å². The summed E-state index contributed by atoms with van der Waals surface area (Å²) < 4.78 is 0. The summed E-state index contributed by atoms with van der Waals surface area (Å²) in [4.78, 5) is 1.16. The zero-order valence-corrected chi connectivity index (χ0v) is 9.92. The highest BCUT2D eigenvalue weighted by atomic mass is 32.1. The number of nitrogens with one attached hydrogen (secondary N) is 2. The molecule has 3 aromatic rings. The van der Waals surface area contributed by atoms with Gasteiger partial charge in [0.15, 0.2) is 0 Å². The van der Waals surface area contributed by atoms with Crippen molar-refractivity contribution in [3.8, 4) is 0 Å². The number of benzene rings is 1. The molecule has 0 saturated heterocycles. The number of thiophene rings is 1. The summed E-state index contributed by atoms with van der Waals surface area (Å²) in [5.41, 5.74) is 8.79. The number of rotatable bonds is 3. The summed E-state index contributed by atoms with van der Waals surface area (Å²) in [6, 6.07) is 8.06. The van der Waals surface area contributed by atoms with Crippen molar-refractivity contribution >= 4 is 33.6 Å². The predicted octanol–water partition coefficient (Wildman–Crippen LogP) is 2.82. The lowest BCUT2D eigenvalue weighted by molar-refractivity contribution is 1.12. The van der Waals surface area contributed by atoms with Gasteiger partial charge in [-0.2, -0.15) is 5.10 Å². The van der Waals surface area contributed by atoms with Gasteiger partial charge in [-0.25, -0.2) is 0 Å². The largest absolute Gasteiger partial charge is 0.398 e. The molecule has 0 saturated carbocycles. The molecule has 17 heavy (non-hydrogen) atoms. The second-order valence-electron chi connectivity index (χ2n) is 3.82. The summed E-state index contributed by atoms with van der Waals surface area (Å²) >= 11 is 1.67. The Kier molecular flexibility index (Phi) is 2.45. The minimum absolute atomic E-state index is 0.753. The van der Waals surface area contributed by atoms with Crippen LogP contribution in [0.5, 0.6) is 0 Å². The Hall–Kier alpha value is -2.01. The standard InChI is InChI=1S/C12H12N4S/c13-10-3-4-17-12(10)7-14-9-2-1-8-6-15-16-11(8)5-9/h1-6,14H,7,13H2,(H,15,16). The normalized spacial score (nSPS) is 10.8. The van der Waals surface area contributed by atoms with E-state index in [2.05, 4.69) is 15.5 Å². The number of H-pyrrole nitrogens is 1. The van der Waals surface area contributed by atoms with Crippen molar-refractivity contribution in [3.05, 3.63) is 40.7 Å². The summed E-state index contributed by atoms with van der Waals surface area (Å²) in [7, 11) is 0. The third-order valence-corrected chi connectivity index (χ3v) is 3.61. The molecule has 0 bridgehead atoms. The monoisotopic (exact) mass is 244 g/mol. The fourth-order valence-corrected chi connectivity index (χ4v) is 2.46. The lowest BCUT2D eigenvalue weighted by Crippen LogP contribution is -1.99. The first kappa shape index (κ1) is 10.2. The van der Waals surface area contributed by atoms with E-state index in [9.17, 15) is 0 Å². The van der Waals surface area contributed by atoms with Crippen molar-refractivity contribution in [2.24, 2.45) is 0 Å². The fourth-order valence-electron chi connectivity index (χ4n) is 1.72. The van der Waals surface area contributed by atoms with E-state index in [0.717, 1.165) is 33.7 Å². The maximum atomic E-state index is 5.83. The predicted molar refractivity (Wildman–Crippen MR) is 72.2 cm³/mol. The van der Waals surface area contributed by atoms with Gasteiger partial charge < -0.3 is 11.1 Å². The van der Waals surface area contributed by atoms with Gasteiger partial charge in [0.2, 0.25) is 0 Å². The Labute approximate surface area is 102 Å². The summed E-state index contributed by atoms with van der Waals surface area (Å²) in [6.45, 7) is 0.753. The zero-order chi connectivity index (χ0) is 11.7. The van der Waals surface area contributed by atoms with E-state index in [-0.39, 0.29) is 0 Å². The van der Waals surface area contributed by atoms with Crippen molar-refractivity contribution in [3.63, 3.8) is 0 Å². The SMILES string of the molecule is Nc1ccsc1CNc1ccc2cn[nH]c2c1. The summed E-state index contributed by atoms with van der Waals surface area (Å²) in [6.07, 6.45) is 1.82. The Morgan fingerprint density at radius 3 is 3.12 bits per heavy atom. The lowest BCUT2D eigenvalue weighted by atomic mass is 10.2. The van der Waals surface area contributed by atoms with Crippen LogP contribution < -0.4 is 11.1 Å². The average Bonchev–Trinajstić information content (AvgIpc) is 2.94. The van der Waals surface area contributed by atoms with E-state index >= 15 is 0 Å². The maximum absolute atomic E-state index is 5.83. The van der Waals surface area contributed by atoms with Crippen LogP contribution in [-0.2, 0) is 6.54 Å². The molecule has 0 atom stereocenters. The van der Waals surface area contributed by atoms with Gasteiger partial charge in [-0.05, 0) is 29.6 Å². The molecule has 0 amide bonds. The van der Waals surface area contributed by atoms with Gasteiger partial charge >= 0.3 is 0 Å². The minimum atomic E-state index is 0.753. The average molecular weight is 244 g/mol. The number of anilines is 2. The quantitative estimate of drug-likeness (QED) is 0.663. The molecule has 0 fully saturated rings. The van der Waals surface area contributed by atoms with Gasteiger partial charge in [-0.3, -0.25) is 5.10 Å². The van der Waals surface area contributed by atoms with Crippen LogP contribution >= 0.6 is 11.3 Å². The zero-order valence-electron chi connectivity index (χ0n) is 9.10. The molecule has 0 aliphatic heterocycles. The molecule has 4 nitrogen and oxygen atoms in total. The lowest BCUT2D eigenvalue weighted by Gasteiger charge is -2.05. The van der Waals surface area contributed by atoms with Gasteiger partial charge in [-0.1, -0.05) is 0 Å². The molecule has 0 aliphatic rings.